The predicted octanol–water partition coefficient (Wildman–Crippen LogP) is 1.74. The van der Waals surface area contributed by atoms with Gasteiger partial charge < -0.3 is 10.0 Å². The number of aromatic amines is 1. The Morgan fingerprint density at radius 2 is 1.95 bits per heavy atom. The zero-order valence-corrected chi connectivity index (χ0v) is 11.2. The molecule has 104 valence electrons. The summed E-state index contributed by atoms with van der Waals surface area (Å²) < 4.78 is 0. The summed E-state index contributed by atoms with van der Waals surface area (Å²) in [4.78, 5) is 27.5. The van der Waals surface area contributed by atoms with Crippen LogP contribution in [-0.2, 0) is 6.54 Å². The van der Waals surface area contributed by atoms with E-state index in [4.69, 9.17) is 0 Å². The maximum absolute atomic E-state index is 12.3. The van der Waals surface area contributed by atoms with E-state index in [2.05, 4.69) is 4.98 Å². The molecule has 2 aromatic rings. The van der Waals surface area contributed by atoms with Gasteiger partial charge in [0.2, 0.25) is 0 Å². The molecule has 0 radical (unpaired) electrons. The van der Waals surface area contributed by atoms with Crippen molar-refractivity contribution in [2.24, 2.45) is 0 Å². The molecule has 0 aliphatic rings. The van der Waals surface area contributed by atoms with Crippen LogP contribution in [0.4, 0.5) is 0 Å². The van der Waals surface area contributed by atoms with Crippen LogP contribution in [0.3, 0.4) is 0 Å². The summed E-state index contributed by atoms with van der Waals surface area (Å²) in [5, 5.41) is 9.36. The van der Waals surface area contributed by atoms with Crippen LogP contribution in [-0.4, -0.2) is 27.4 Å². The van der Waals surface area contributed by atoms with Crippen molar-refractivity contribution in [1.29, 1.82) is 0 Å². The molecule has 0 fully saturated rings. The number of rotatable bonds is 4. The van der Waals surface area contributed by atoms with Gasteiger partial charge in [-0.15, -0.1) is 0 Å². The molecular formula is C15H16N2O3. The Labute approximate surface area is 116 Å². The number of hydrogen-bond acceptors (Lipinski definition) is 3. The van der Waals surface area contributed by atoms with Gasteiger partial charge in [0.15, 0.2) is 5.88 Å². The molecule has 0 atom stereocenters. The van der Waals surface area contributed by atoms with Crippen LogP contribution in [0.2, 0.25) is 0 Å². The molecule has 0 unspecified atom stereocenters. The van der Waals surface area contributed by atoms with Gasteiger partial charge >= 0.3 is 0 Å². The average molecular weight is 272 g/mol. The van der Waals surface area contributed by atoms with E-state index in [9.17, 15) is 14.7 Å². The Morgan fingerprint density at radius 3 is 2.55 bits per heavy atom. The maximum Gasteiger partial charge on any atom is 0.254 e. The van der Waals surface area contributed by atoms with Crippen molar-refractivity contribution >= 4 is 5.91 Å². The molecule has 2 N–H and O–H groups in total. The third-order valence-electron chi connectivity index (χ3n) is 2.96. The number of hydrogen-bond donors (Lipinski definition) is 2. The van der Waals surface area contributed by atoms with Gasteiger partial charge in [0.1, 0.15) is 0 Å². The van der Waals surface area contributed by atoms with Gasteiger partial charge in [-0.2, -0.15) is 0 Å². The number of H-pyrrole nitrogens is 1. The Balaban J connectivity index is 2.23. The van der Waals surface area contributed by atoms with Gasteiger partial charge in [-0.1, -0.05) is 30.3 Å². The SMILES string of the molecule is CCN(Cc1ccccc1)C(=O)c1cc(O)[nH]c(=O)c1. The first-order valence-corrected chi connectivity index (χ1v) is 6.36. The van der Waals surface area contributed by atoms with E-state index in [0.717, 1.165) is 5.56 Å². The second kappa shape index (κ2) is 6.06. The number of aromatic hydroxyl groups is 1. The standard InChI is InChI=1S/C15H16N2O3/c1-2-17(10-11-6-4-3-5-7-11)15(20)12-8-13(18)16-14(19)9-12/h3-9H,2,10H2,1H3,(H2,16,18,19). The molecule has 0 aliphatic heterocycles. The first-order valence-electron chi connectivity index (χ1n) is 6.36. The number of benzene rings is 1. The van der Waals surface area contributed by atoms with Crippen LogP contribution in [0, 0.1) is 0 Å². The highest BCUT2D eigenvalue weighted by Crippen LogP contribution is 2.11. The Bertz CT molecular complexity index is 650. The van der Waals surface area contributed by atoms with Crippen molar-refractivity contribution in [3.05, 3.63) is 63.9 Å². The largest absolute Gasteiger partial charge is 0.494 e. The fraction of sp³-hybridized carbons (Fsp3) is 0.200. The van der Waals surface area contributed by atoms with Crippen LogP contribution in [0.1, 0.15) is 22.8 Å². The Hall–Kier alpha value is -2.56. The van der Waals surface area contributed by atoms with Crippen LogP contribution in [0.15, 0.2) is 47.3 Å². The molecule has 0 bridgehead atoms. The summed E-state index contributed by atoms with van der Waals surface area (Å²) in [7, 11) is 0. The quantitative estimate of drug-likeness (QED) is 0.890. The van der Waals surface area contributed by atoms with E-state index in [1.807, 2.05) is 37.3 Å². The maximum atomic E-state index is 12.3. The van der Waals surface area contributed by atoms with E-state index in [1.165, 1.54) is 12.1 Å². The zero-order chi connectivity index (χ0) is 14.5. The number of carbonyl (C=O) groups is 1. The molecular weight excluding hydrogens is 256 g/mol. The lowest BCUT2D eigenvalue weighted by atomic mass is 10.2. The van der Waals surface area contributed by atoms with Crippen LogP contribution >= 0.6 is 0 Å². The number of carbonyl (C=O) groups excluding carboxylic acids is 1. The fourth-order valence-corrected chi connectivity index (χ4v) is 1.97. The molecule has 1 aromatic carbocycles. The highest BCUT2D eigenvalue weighted by molar-refractivity contribution is 5.94. The topological polar surface area (TPSA) is 73.4 Å². The highest BCUT2D eigenvalue weighted by Gasteiger charge is 2.15. The van der Waals surface area contributed by atoms with Crippen LogP contribution in [0.25, 0.3) is 0 Å². The van der Waals surface area contributed by atoms with E-state index in [1.54, 1.807) is 4.90 Å². The minimum absolute atomic E-state index is 0.184. The molecule has 1 aromatic heterocycles. The Morgan fingerprint density at radius 1 is 1.25 bits per heavy atom. The monoisotopic (exact) mass is 272 g/mol. The lowest BCUT2D eigenvalue weighted by Gasteiger charge is -2.21. The number of amides is 1. The number of pyridine rings is 1. The molecule has 2 rings (SSSR count). The van der Waals surface area contributed by atoms with Gasteiger partial charge in [0.25, 0.3) is 11.5 Å². The molecule has 1 heterocycles. The highest BCUT2D eigenvalue weighted by atomic mass is 16.3. The van der Waals surface area contributed by atoms with Crippen LogP contribution in [0.5, 0.6) is 5.88 Å². The second-order valence-electron chi connectivity index (χ2n) is 4.42. The molecule has 5 heteroatoms. The van der Waals surface area contributed by atoms with Gasteiger partial charge in [-0.05, 0) is 12.5 Å². The summed E-state index contributed by atoms with van der Waals surface area (Å²) in [6.45, 7) is 2.85. The molecule has 0 saturated heterocycles. The first-order chi connectivity index (χ1) is 9.60. The van der Waals surface area contributed by atoms with Crippen LogP contribution < -0.4 is 5.56 Å². The van der Waals surface area contributed by atoms with Gasteiger partial charge in [-0.25, -0.2) is 0 Å². The van der Waals surface area contributed by atoms with Crippen molar-refractivity contribution in [1.82, 2.24) is 9.88 Å². The lowest BCUT2D eigenvalue weighted by Crippen LogP contribution is -2.31. The number of nitrogens with zero attached hydrogens (tertiary/aromatic N) is 1. The average Bonchev–Trinajstić information content (AvgIpc) is 2.44. The van der Waals surface area contributed by atoms with Crippen molar-refractivity contribution < 1.29 is 9.90 Å². The number of aromatic nitrogens is 1. The normalized spacial score (nSPS) is 10.2. The van der Waals surface area contributed by atoms with Gasteiger partial charge in [0.05, 0.1) is 5.56 Å². The summed E-state index contributed by atoms with van der Waals surface area (Å²) >= 11 is 0. The summed E-state index contributed by atoms with van der Waals surface area (Å²) in [6, 6.07) is 12.1. The first kappa shape index (κ1) is 13.9. The van der Waals surface area contributed by atoms with Crippen molar-refractivity contribution in [2.45, 2.75) is 13.5 Å². The van der Waals surface area contributed by atoms with Crippen molar-refractivity contribution in [2.75, 3.05) is 6.54 Å². The smallest absolute Gasteiger partial charge is 0.254 e. The summed E-state index contributed by atoms with van der Waals surface area (Å²) in [5.74, 6) is -0.589. The fourth-order valence-electron chi connectivity index (χ4n) is 1.97. The van der Waals surface area contributed by atoms with Gasteiger partial charge in [0, 0.05) is 25.2 Å². The molecule has 0 aliphatic carbocycles. The third kappa shape index (κ3) is 3.26. The third-order valence-corrected chi connectivity index (χ3v) is 2.96. The summed E-state index contributed by atoms with van der Waals surface area (Å²) in [5.41, 5.74) is 0.699. The second-order valence-corrected chi connectivity index (χ2v) is 4.42. The van der Waals surface area contributed by atoms with Crippen molar-refractivity contribution in [3.8, 4) is 5.88 Å². The molecule has 0 spiro atoms. The minimum Gasteiger partial charge on any atom is -0.494 e. The predicted molar refractivity (Wildman–Crippen MR) is 75.6 cm³/mol. The summed E-state index contributed by atoms with van der Waals surface area (Å²) in [6.07, 6.45) is 0. The van der Waals surface area contributed by atoms with E-state index in [0.29, 0.717) is 13.1 Å². The van der Waals surface area contributed by atoms with E-state index < -0.39 is 5.56 Å². The lowest BCUT2D eigenvalue weighted by molar-refractivity contribution is 0.0752. The molecule has 0 saturated carbocycles. The zero-order valence-electron chi connectivity index (χ0n) is 11.2. The molecule has 1 amide bonds. The van der Waals surface area contributed by atoms with Gasteiger partial charge in [-0.3, -0.25) is 14.6 Å². The minimum atomic E-state index is -0.496. The molecule has 20 heavy (non-hydrogen) atoms. The molecule has 5 nitrogen and oxygen atoms in total. The van der Waals surface area contributed by atoms with E-state index in [-0.39, 0.29) is 17.4 Å². The number of nitrogens with one attached hydrogen (secondary N) is 1. The van der Waals surface area contributed by atoms with Crippen molar-refractivity contribution in [3.63, 3.8) is 0 Å². The van der Waals surface area contributed by atoms with E-state index >= 15 is 0 Å². The Kier molecular flexibility index (Phi) is 4.20.